The van der Waals surface area contributed by atoms with Crippen molar-refractivity contribution in [3.63, 3.8) is 0 Å². The Morgan fingerprint density at radius 2 is 1.95 bits per heavy atom. The summed E-state index contributed by atoms with van der Waals surface area (Å²) in [6.07, 6.45) is 0. The van der Waals surface area contributed by atoms with E-state index in [4.69, 9.17) is 0 Å². The minimum atomic E-state index is -3.76. The van der Waals surface area contributed by atoms with Crippen LogP contribution in [0.5, 0.6) is 0 Å². The van der Waals surface area contributed by atoms with Crippen molar-refractivity contribution in [3.05, 3.63) is 27.1 Å². The van der Waals surface area contributed by atoms with E-state index in [2.05, 4.69) is 37.2 Å². The van der Waals surface area contributed by atoms with Crippen molar-refractivity contribution in [1.29, 1.82) is 0 Å². The number of nitrogens with one attached hydrogen (secondary N) is 1. The van der Waals surface area contributed by atoms with E-state index in [0.717, 1.165) is 0 Å². The van der Waals surface area contributed by atoms with Crippen LogP contribution >= 0.6 is 31.9 Å². The van der Waals surface area contributed by atoms with Gasteiger partial charge < -0.3 is 5.32 Å². The molecule has 1 aromatic carbocycles. The van der Waals surface area contributed by atoms with Gasteiger partial charge in [0.05, 0.1) is 4.90 Å². The van der Waals surface area contributed by atoms with Crippen LogP contribution in [0.1, 0.15) is 13.8 Å². The van der Waals surface area contributed by atoms with Gasteiger partial charge in [0.2, 0.25) is 15.9 Å². The normalized spacial score (nSPS) is 19.7. The number of piperazine rings is 1. The molecule has 8 heteroatoms. The van der Waals surface area contributed by atoms with Crippen molar-refractivity contribution in [2.75, 3.05) is 13.1 Å². The number of nitrogens with zero attached hydrogens (tertiary/aromatic N) is 1. The number of carbonyl (C=O) groups is 1. The molecule has 0 aliphatic carbocycles. The third kappa shape index (κ3) is 2.66. The first-order valence-electron chi connectivity index (χ1n) is 5.93. The van der Waals surface area contributed by atoms with Gasteiger partial charge in [-0.2, -0.15) is 4.31 Å². The lowest BCUT2D eigenvalue weighted by Crippen LogP contribution is -2.63. The molecule has 1 heterocycles. The summed E-state index contributed by atoms with van der Waals surface area (Å²) in [6, 6.07) is 4.94. The van der Waals surface area contributed by atoms with E-state index in [9.17, 15) is 13.2 Å². The highest BCUT2D eigenvalue weighted by molar-refractivity contribution is 9.11. The molecule has 0 aromatic heterocycles. The molecular weight excluding hydrogens is 412 g/mol. The SMILES string of the molecule is CC1(C)C(=O)NCCN1S(=O)(=O)c1cc(Br)ccc1Br. The lowest BCUT2D eigenvalue weighted by Gasteiger charge is -2.40. The number of hydrogen-bond donors (Lipinski definition) is 1. The van der Waals surface area contributed by atoms with Gasteiger partial charge in [0.15, 0.2) is 0 Å². The highest BCUT2D eigenvalue weighted by Gasteiger charge is 2.45. The summed E-state index contributed by atoms with van der Waals surface area (Å²) in [6.45, 7) is 3.77. The molecule has 2 rings (SSSR count). The second kappa shape index (κ2) is 5.40. The van der Waals surface area contributed by atoms with Crippen LogP contribution in [0.3, 0.4) is 0 Å². The molecule has 0 bridgehead atoms. The van der Waals surface area contributed by atoms with E-state index >= 15 is 0 Å². The predicted octanol–water partition coefficient (Wildman–Crippen LogP) is 2.11. The monoisotopic (exact) mass is 424 g/mol. The number of benzene rings is 1. The zero-order valence-corrected chi connectivity index (χ0v) is 15.0. The fourth-order valence-electron chi connectivity index (χ4n) is 2.09. The molecule has 1 aliphatic rings. The molecule has 1 aromatic rings. The lowest BCUT2D eigenvalue weighted by atomic mass is 10.0. The minimum Gasteiger partial charge on any atom is -0.353 e. The van der Waals surface area contributed by atoms with Gasteiger partial charge in [-0.15, -0.1) is 0 Å². The van der Waals surface area contributed by atoms with Crippen LogP contribution in [-0.4, -0.2) is 37.3 Å². The summed E-state index contributed by atoms with van der Waals surface area (Å²) in [5, 5.41) is 2.69. The molecule has 0 unspecified atom stereocenters. The van der Waals surface area contributed by atoms with Crippen molar-refractivity contribution >= 4 is 47.8 Å². The maximum Gasteiger partial charge on any atom is 0.245 e. The molecule has 1 amide bonds. The molecule has 0 spiro atoms. The average molecular weight is 426 g/mol. The zero-order chi connectivity index (χ0) is 15.1. The average Bonchev–Trinajstić information content (AvgIpc) is 2.35. The minimum absolute atomic E-state index is 0.148. The smallest absolute Gasteiger partial charge is 0.245 e. The Bertz CT molecular complexity index is 659. The maximum absolute atomic E-state index is 12.8. The Morgan fingerprint density at radius 1 is 1.30 bits per heavy atom. The number of carbonyl (C=O) groups excluding carboxylic acids is 1. The van der Waals surface area contributed by atoms with Crippen LogP contribution in [0, 0.1) is 0 Å². The molecule has 110 valence electrons. The number of rotatable bonds is 2. The Labute approximate surface area is 135 Å². The molecule has 0 atom stereocenters. The second-order valence-corrected chi connectivity index (χ2v) is 8.57. The predicted molar refractivity (Wildman–Crippen MR) is 82.8 cm³/mol. The molecule has 1 N–H and O–H groups in total. The van der Waals surface area contributed by atoms with Crippen molar-refractivity contribution in [3.8, 4) is 0 Å². The van der Waals surface area contributed by atoms with Gasteiger partial charge in [0.1, 0.15) is 5.54 Å². The standard InChI is InChI=1S/C12H14Br2N2O3S/c1-12(2)11(17)15-5-6-16(12)20(18,19)10-7-8(13)3-4-9(10)14/h3-4,7H,5-6H2,1-2H3,(H,15,17). The quantitative estimate of drug-likeness (QED) is 0.788. The summed E-state index contributed by atoms with van der Waals surface area (Å²) in [4.78, 5) is 12.1. The number of amides is 1. The summed E-state index contributed by atoms with van der Waals surface area (Å²) in [7, 11) is -3.76. The van der Waals surface area contributed by atoms with E-state index in [1.807, 2.05) is 0 Å². The third-order valence-electron chi connectivity index (χ3n) is 3.24. The highest BCUT2D eigenvalue weighted by Crippen LogP contribution is 2.32. The van der Waals surface area contributed by atoms with Crippen molar-refractivity contribution < 1.29 is 13.2 Å². The van der Waals surface area contributed by atoms with Crippen LogP contribution in [0.15, 0.2) is 32.0 Å². The van der Waals surface area contributed by atoms with Gasteiger partial charge in [-0.1, -0.05) is 15.9 Å². The topological polar surface area (TPSA) is 66.5 Å². The second-order valence-electron chi connectivity index (χ2n) is 4.97. The van der Waals surface area contributed by atoms with Gasteiger partial charge in [0, 0.05) is 22.0 Å². The third-order valence-corrected chi connectivity index (χ3v) is 6.80. The van der Waals surface area contributed by atoms with E-state index in [-0.39, 0.29) is 17.3 Å². The van der Waals surface area contributed by atoms with Gasteiger partial charge in [-0.05, 0) is 48.0 Å². The largest absolute Gasteiger partial charge is 0.353 e. The first kappa shape index (κ1) is 15.9. The first-order chi connectivity index (χ1) is 9.17. The van der Waals surface area contributed by atoms with Gasteiger partial charge in [-0.3, -0.25) is 4.79 Å². The number of hydrogen-bond acceptors (Lipinski definition) is 3. The Morgan fingerprint density at radius 3 is 2.60 bits per heavy atom. The molecule has 1 aliphatic heterocycles. The Kier molecular flexibility index (Phi) is 4.30. The molecule has 1 saturated heterocycles. The van der Waals surface area contributed by atoms with Crippen molar-refractivity contribution in [1.82, 2.24) is 9.62 Å². The summed E-state index contributed by atoms with van der Waals surface area (Å²) < 4.78 is 28.0. The van der Waals surface area contributed by atoms with E-state index < -0.39 is 15.6 Å². The van der Waals surface area contributed by atoms with Crippen molar-refractivity contribution in [2.24, 2.45) is 0 Å². The van der Waals surface area contributed by atoms with E-state index in [0.29, 0.717) is 15.5 Å². The molecular formula is C12H14Br2N2O3S. The van der Waals surface area contributed by atoms with Crippen LogP contribution in [0.4, 0.5) is 0 Å². The Hall–Kier alpha value is -0.440. The number of halogens is 2. The first-order valence-corrected chi connectivity index (χ1v) is 8.96. The number of sulfonamides is 1. The molecule has 0 saturated carbocycles. The molecule has 0 radical (unpaired) electrons. The summed E-state index contributed by atoms with van der Waals surface area (Å²) >= 11 is 6.53. The zero-order valence-electron chi connectivity index (χ0n) is 11.0. The van der Waals surface area contributed by atoms with Gasteiger partial charge in [0.25, 0.3) is 0 Å². The molecule has 1 fully saturated rings. The highest BCUT2D eigenvalue weighted by atomic mass is 79.9. The van der Waals surface area contributed by atoms with Gasteiger partial charge in [-0.25, -0.2) is 8.42 Å². The molecule has 20 heavy (non-hydrogen) atoms. The summed E-state index contributed by atoms with van der Waals surface area (Å²) in [5.41, 5.74) is -1.11. The van der Waals surface area contributed by atoms with Crippen LogP contribution in [-0.2, 0) is 14.8 Å². The Balaban J connectivity index is 2.55. The van der Waals surface area contributed by atoms with Crippen molar-refractivity contribution in [2.45, 2.75) is 24.3 Å². The summed E-state index contributed by atoms with van der Waals surface area (Å²) in [5.74, 6) is -0.293. The van der Waals surface area contributed by atoms with Gasteiger partial charge >= 0.3 is 0 Å². The van der Waals surface area contributed by atoms with Crippen LogP contribution < -0.4 is 5.32 Å². The molecule has 5 nitrogen and oxygen atoms in total. The van der Waals surface area contributed by atoms with E-state index in [1.165, 1.54) is 10.4 Å². The van der Waals surface area contributed by atoms with Crippen LogP contribution in [0.2, 0.25) is 0 Å². The fourth-order valence-corrected chi connectivity index (χ4v) is 5.31. The lowest BCUT2D eigenvalue weighted by molar-refractivity contribution is -0.131. The fraction of sp³-hybridized carbons (Fsp3) is 0.417. The maximum atomic E-state index is 12.8. The van der Waals surface area contributed by atoms with E-state index in [1.54, 1.807) is 26.0 Å². The van der Waals surface area contributed by atoms with Crippen LogP contribution in [0.25, 0.3) is 0 Å².